The Bertz CT molecular complexity index is 888. The first-order chi connectivity index (χ1) is 13.3. The van der Waals surface area contributed by atoms with Crippen molar-refractivity contribution in [2.24, 2.45) is 0 Å². The fourth-order valence-corrected chi connectivity index (χ4v) is 3.82. The number of ether oxygens (including phenoxy) is 1. The van der Waals surface area contributed by atoms with E-state index < -0.39 is 10.0 Å². The van der Waals surface area contributed by atoms with Gasteiger partial charge in [0.1, 0.15) is 12.4 Å². The summed E-state index contributed by atoms with van der Waals surface area (Å²) >= 11 is 3.41. The summed E-state index contributed by atoms with van der Waals surface area (Å²) in [7, 11) is -3.43. The first kappa shape index (κ1) is 22.2. The number of amides is 1. The van der Waals surface area contributed by atoms with Crippen molar-refractivity contribution >= 4 is 37.5 Å². The highest BCUT2D eigenvalue weighted by Crippen LogP contribution is 2.25. The van der Waals surface area contributed by atoms with E-state index in [9.17, 15) is 13.2 Å². The van der Waals surface area contributed by atoms with Crippen molar-refractivity contribution in [2.45, 2.75) is 19.8 Å². The number of rotatable bonds is 10. The number of nitrogens with one attached hydrogen (secondary N) is 1. The minimum absolute atomic E-state index is 0.128. The van der Waals surface area contributed by atoms with E-state index in [-0.39, 0.29) is 18.9 Å². The predicted octanol–water partition coefficient (Wildman–Crippen LogP) is 3.50. The minimum Gasteiger partial charge on any atom is -0.492 e. The second-order valence-electron chi connectivity index (χ2n) is 6.38. The van der Waals surface area contributed by atoms with E-state index in [1.165, 1.54) is 10.6 Å². The number of benzene rings is 2. The molecule has 0 aliphatic heterocycles. The average Bonchev–Trinajstić information content (AvgIpc) is 2.65. The van der Waals surface area contributed by atoms with Gasteiger partial charge in [-0.1, -0.05) is 34.1 Å². The van der Waals surface area contributed by atoms with Gasteiger partial charge in [-0.25, -0.2) is 8.42 Å². The first-order valence-electron chi connectivity index (χ1n) is 8.96. The van der Waals surface area contributed by atoms with Crippen molar-refractivity contribution in [3.05, 3.63) is 58.6 Å². The molecule has 0 heterocycles. The summed E-state index contributed by atoms with van der Waals surface area (Å²) in [5.74, 6) is 0.627. The van der Waals surface area contributed by atoms with E-state index in [0.717, 1.165) is 15.8 Å². The number of carbonyl (C=O) groups excluding carboxylic acids is 1. The van der Waals surface area contributed by atoms with Gasteiger partial charge in [-0.05, 0) is 49.2 Å². The van der Waals surface area contributed by atoms with Crippen LogP contribution in [0.1, 0.15) is 18.4 Å². The molecule has 0 aliphatic rings. The zero-order chi connectivity index (χ0) is 20.6. The zero-order valence-electron chi connectivity index (χ0n) is 16.0. The smallest absolute Gasteiger partial charge is 0.232 e. The molecule has 2 aromatic carbocycles. The Hall–Kier alpha value is -2.06. The lowest BCUT2D eigenvalue weighted by atomic mass is 10.2. The standard InChI is InChI=1S/C20H25BrN2O4S/c1-16-15-17(10-11-19(16)21)23(28(2,25)26)13-6-9-20(24)22-12-14-27-18-7-4-3-5-8-18/h3-5,7-8,10-11,15H,6,9,12-14H2,1-2H3,(H,22,24). The summed E-state index contributed by atoms with van der Waals surface area (Å²) in [5.41, 5.74) is 1.54. The van der Waals surface area contributed by atoms with E-state index in [1.54, 1.807) is 6.07 Å². The molecule has 1 N–H and O–H groups in total. The minimum atomic E-state index is -3.43. The van der Waals surface area contributed by atoms with Gasteiger partial charge in [0.05, 0.1) is 18.5 Å². The van der Waals surface area contributed by atoms with E-state index in [0.29, 0.717) is 25.3 Å². The summed E-state index contributed by atoms with van der Waals surface area (Å²) in [5, 5.41) is 2.78. The van der Waals surface area contributed by atoms with E-state index in [4.69, 9.17) is 4.74 Å². The maximum atomic E-state index is 12.1. The molecule has 2 aromatic rings. The van der Waals surface area contributed by atoms with Crippen molar-refractivity contribution in [3.8, 4) is 5.75 Å². The van der Waals surface area contributed by atoms with Crippen LogP contribution in [-0.4, -0.2) is 40.3 Å². The van der Waals surface area contributed by atoms with Crippen LogP contribution in [0.4, 0.5) is 5.69 Å². The quantitative estimate of drug-likeness (QED) is 0.541. The zero-order valence-corrected chi connectivity index (χ0v) is 18.4. The Morgan fingerprint density at radius 1 is 1.18 bits per heavy atom. The molecule has 0 fully saturated rings. The SMILES string of the molecule is Cc1cc(N(CCCC(=O)NCCOc2ccccc2)S(C)(=O)=O)ccc1Br. The number of nitrogens with zero attached hydrogens (tertiary/aromatic N) is 1. The molecular weight excluding hydrogens is 444 g/mol. The summed E-state index contributed by atoms with van der Waals surface area (Å²) in [4.78, 5) is 12.0. The summed E-state index contributed by atoms with van der Waals surface area (Å²) < 4.78 is 32.1. The molecule has 0 atom stereocenters. The number of hydrogen-bond donors (Lipinski definition) is 1. The highest BCUT2D eigenvalue weighted by Gasteiger charge is 2.18. The lowest BCUT2D eigenvalue weighted by Gasteiger charge is -2.23. The number of sulfonamides is 1. The molecule has 2 rings (SSSR count). The van der Waals surface area contributed by atoms with Crippen LogP contribution in [-0.2, 0) is 14.8 Å². The Labute approximate surface area is 175 Å². The summed E-state index contributed by atoms with van der Waals surface area (Å²) in [6.07, 6.45) is 1.84. The largest absolute Gasteiger partial charge is 0.492 e. The van der Waals surface area contributed by atoms with Gasteiger partial charge in [0.15, 0.2) is 0 Å². The van der Waals surface area contributed by atoms with Gasteiger partial charge in [0, 0.05) is 17.4 Å². The van der Waals surface area contributed by atoms with Crippen LogP contribution in [0.3, 0.4) is 0 Å². The molecule has 0 saturated heterocycles. The topological polar surface area (TPSA) is 75.7 Å². The maximum Gasteiger partial charge on any atom is 0.232 e. The van der Waals surface area contributed by atoms with Crippen LogP contribution in [0.5, 0.6) is 5.75 Å². The van der Waals surface area contributed by atoms with Crippen LogP contribution in [0, 0.1) is 6.92 Å². The Morgan fingerprint density at radius 2 is 1.89 bits per heavy atom. The van der Waals surface area contributed by atoms with Gasteiger partial charge < -0.3 is 10.1 Å². The van der Waals surface area contributed by atoms with Gasteiger partial charge in [-0.3, -0.25) is 9.10 Å². The molecule has 0 bridgehead atoms. The molecule has 6 nitrogen and oxygen atoms in total. The number of anilines is 1. The first-order valence-corrected chi connectivity index (χ1v) is 11.6. The normalized spacial score (nSPS) is 11.1. The average molecular weight is 469 g/mol. The molecule has 0 aromatic heterocycles. The van der Waals surface area contributed by atoms with Crippen LogP contribution in [0.25, 0.3) is 0 Å². The van der Waals surface area contributed by atoms with Crippen LogP contribution in [0.15, 0.2) is 53.0 Å². The predicted molar refractivity (Wildman–Crippen MR) is 115 cm³/mol. The number of para-hydroxylation sites is 1. The molecule has 1 amide bonds. The molecule has 0 saturated carbocycles. The van der Waals surface area contributed by atoms with Gasteiger partial charge in [0.2, 0.25) is 15.9 Å². The van der Waals surface area contributed by atoms with Crippen molar-refractivity contribution in [1.82, 2.24) is 5.32 Å². The maximum absolute atomic E-state index is 12.1. The molecule has 0 unspecified atom stereocenters. The Balaban J connectivity index is 1.78. The number of hydrogen-bond acceptors (Lipinski definition) is 4. The van der Waals surface area contributed by atoms with Crippen LogP contribution < -0.4 is 14.4 Å². The van der Waals surface area contributed by atoms with Crippen molar-refractivity contribution < 1.29 is 17.9 Å². The summed E-state index contributed by atoms with van der Waals surface area (Å²) in [6, 6.07) is 14.8. The Kier molecular flexibility index (Phi) is 8.32. The second kappa shape index (κ2) is 10.5. The van der Waals surface area contributed by atoms with Gasteiger partial charge >= 0.3 is 0 Å². The van der Waals surface area contributed by atoms with Crippen LogP contribution >= 0.6 is 15.9 Å². The number of aryl methyl sites for hydroxylation is 1. The third-order valence-corrected chi connectivity index (χ3v) is 6.11. The number of carbonyl (C=O) groups is 1. The van der Waals surface area contributed by atoms with E-state index in [1.807, 2.05) is 49.4 Å². The van der Waals surface area contributed by atoms with Crippen molar-refractivity contribution in [3.63, 3.8) is 0 Å². The van der Waals surface area contributed by atoms with Gasteiger partial charge in [-0.2, -0.15) is 0 Å². The molecule has 0 spiro atoms. The third kappa shape index (κ3) is 7.16. The van der Waals surface area contributed by atoms with Gasteiger partial charge in [0.25, 0.3) is 0 Å². The van der Waals surface area contributed by atoms with E-state index in [2.05, 4.69) is 21.2 Å². The fourth-order valence-electron chi connectivity index (χ4n) is 2.62. The van der Waals surface area contributed by atoms with Gasteiger partial charge in [-0.15, -0.1) is 0 Å². The highest BCUT2D eigenvalue weighted by atomic mass is 79.9. The summed E-state index contributed by atoms with van der Waals surface area (Å²) in [6.45, 7) is 2.92. The van der Waals surface area contributed by atoms with E-state index >= 15 is 0 Å². The third-order valence-electron chi connectivity index (χ3n) is 4.03. The lowest BCUT2D eigenvalue weighted by molar-refractivity contribution is -0.121. The molecule has 152 valence electrons. The molecule has 28 heavy (non-hydrogen) atoms. The molecule has 0 aliphatic carbocycles. The lowest BCUT2D eigenvalue weighted by Crippen LogP contribution is -2.33. The number of halogens is 1. The van der Waals surface area contributed by atoms with Crippen LogP contribution in [0.2, 0.25) is 0 Å². The Morgan fingerprint density at radius 3 is 2.54 bits per heavy atom. The molecular formula is C20H25BrN2O4S. The fraction of sp³-hybridized carbons (Fsp3) is 0.350. The second-order valence-corrected chi connectivity index (χ2v) is 9.14. The molecule has 8 heteroatoms. The molecule has 0 radical (unpaired) electrons. The highest BCUT2D eigenvalue weighted by molar-refractivity contribution is 9.10. The monoisotopic (exact) mass is 468 g/mol. The van der Waals surface area contributed by atoms with Crippen molar-refractivity contribution in [1.29, 1.82) is 0 Å². The van der Waals surface area contributed by atoms with Crippen molar-refractivity contribution in [2.75, 3.05) is 30.3 Å².